The zero-order valence-electron chi connectivity index (χ0n) is 11.4. The average Bonchev–Trinajstić information content (AvgIpc) is 2.77. The first-order chi connectivity index (χ1) is 9.27. The van der Waals surface area contributed by atoms with E-state index in [1.807, 2.05) is 13.8 Å². The van der Waals surface area contributed by atoms with Crippen molar-refractivity contribution < 1.29 is 14.3 Å². The normalized spacial score (nSPS) is 14.4. The van der Waals surface area contributed by atoms with Crippen LogP contribution in [0.25, 0.3) is 0 Å². The van der Waals surface area contributed by atoms with Gasteiger partial charge >= 0.3 is 5.97 Å². The molecule has 0 unspecified atom stereocenters. The molecule has 0 atom stereocenters. The van der Waals surface area contributed by atoms with Crippen LogP contribution in [0.1, 0.15) is 47.5 Å². The Labute approximate surface area is 117 Å². The van der Waals surface area contributed by atoms with Crippen molar-refractivity contribution in [3.63, 3.8) is 0 Å². The Balaban J connectivity index is 2.35. The van der Waals surface area contributed by atoms with Gasteiger partial charge in [-0.15, -0.1) is 11.3 Å². The van der Waals surface area contributed by atoms with E-state index in [4.69, 9.17) is 9.47 Å². The largest absolute Gasteiger partial charge is 0.483 e. The van der Waals surface area contributed by atoms with E-state index in [9.17, 15) is 4.79 Å². The number of thiophene rings is 1. The standard InChI is InChI=1S/C14H19NO3S/c1-3-17-9-15-13-12(14(16)18-4-2)10-7-5-6-8-11(10)19-13/h9H,3-8H2,1-2H3. The SMILES string of the molecule is CCOC=Nc1sc2c(c1C(=O)OCC)CCCC2. The van der Waals surface area contributed by atoms with E-state index < -0.39 is 0 Å². The number of fused-ring (bicyclic) bond motifs is 1. The molecule has 1 heterocycles. The quantitative estimate of drug-likeness (QED) is 0.471. The lowest BCUT2D eigenvalue weighted by Gasteiger charge is -2.11. The average molecular weight is 281 g/mol. The van der Waals surface area contributed by atoms with E-state index in [1.54, 1.807) is 11.3 Å². The maximum absolute atomic E-state index is 12.1. The molecule has 1 aromatic rings. The first-order valence-electron chi connectivity index (χ1n) is 6.73. The zero-order valence-corrected chi connectivity index (χ0v) is 12.2. The molecular weight excluding hydrogens is 262 g/mol. The molecule has 0 N–H and O–H groups in total. The van der Waals surface area contributed by atoms with Gasteiger partial charge in [-0.2, -0.15) is 0 Å². The summed E-state index contributed by atoms with van der Waals surface area (Å²) in [5, 5.41) is 0.721. The van der Waals surface area contributed by atoms with Crippen molar-refractivity contribution in [2.75, 3.05) is 13.2 Å². The summed E-state index contributed by atoms with van der Waals surface area (Å²) in [5.41, 5.74) is 1.79. The van der Waals surface area contributed by atoms with E-state index >= 15 is 0 Å². The van der Waals surface area contributed by atoms with Gasteiger partial charge in [-0.1, -0.05) is 0 Å². The lowest BCUT2D eigenvalue weighted by Crippen LogP contribution is -2.09. The summed E-state index contributed by atoms with van der Waals surface area (Å²) in [6.07, 6.45) is 5.72. The summed E-state index contributed by atoms with van der Waals surface area (Å²) in [5.74, 6) is -0.259. The molecule has 104 valence electrons. The first kappa shape index (κ1) is 14.1. The highest BCUT2D eigenvalue weighted by atomic mass is 32.1. The van der Waals surface area contributed by atoms with Crippen LogP contribution in [-0.2, 0) is 22.3 Å². The van der Waals surface area contributed by atoms with Crippen LogP contribution in [0, 0.1) is 0 Å². The zero-order chi connectivity index (χ0) is 13.7. The molecule has 2 rings (SSSR count). The van der Waals surface area contributed by atoms with Gasteiger partial charge in [-0.25, -0.2) is 9.79 Å². The number of hydrogen-bond acceptors (Lipinski definition) is 5. The molecule has 0 aromatic carbocycles. The van der Waals surface area contributed by atoms with Crippen molar-refractivity contribution in [2.45, 2.75) is 39.5 Å². The Morgan fingerprint density at radius 2 is 2.11 bits per heavy atom. The predicted octanol–water partition coefficient (Wildman–Crippen LogP) is 3.50. The molecule has 0 fully saturated rings. The Kier molecular flexibility index (Phi) is 4.96. The van der Waals surface area contributed by atoms with Gasteiger partial charge in [0.2, 0.25) is 0 Å². The summed E-state index contributed by atoms with van der Waals surface area (Å²) >= 11 is 1.59. The monoisotopic (exact) mass is 281 g/mol. The highest BCUT2D eigenvalue weighted by Gasteiger charge is 2.25. The maximum Gasteiger partial charge on any atom is 0.341 e. The number of rotatable bonds is 5. The molecule has 5 heteroatoms. The van der Waals surface area contributed by atoms with Gasteiger partial charge in [0, 0.05) is 4.88 Å². The van der Waals surface area contributed by atoms with E-state index in [1.165, 1.54) is 17.7 Å². The van der Waals surface area contributed by atoms with Crippen molar-refractivity contribution in [3.05, 3.63) is 16.0 Å². The van der Waals surface area contributed by atoms with Crippen LogP contribution >= 0.6 is 11.3 Å². The molecule has 19 heavy (non-hydrogen) atoms. The van der Waals surface area contributed by atoms with Gasteiger partial charge in [-0.05, 0) is 45.1 Å². The first-order valence-corrected chi connectivity index (χ1v) is 7.55. The summed E-state index contributed by atoms with van der Waals surface area (Å²) in [4.78, 5) is 17.7. The number of carbonyl (C=O) groups excluding carboxylic acids is 1. The minimum Gasteiger partial charge on any atom is -0.483 e. The molecule has 0 saturated heterocycles. The second kappa shape index (κ2) is 6.70. The lowest BCUT2D eigenvalue weighted by atomic mass is 9.95. The molecule has 0 radical (unpaired) electrons. The summed E-state index contributed by atoms with van der Waals surface area (Å²) < 4.78 is 10.3. The Morgan fingerprint density at radius 1 is 1.32 bits per heavy atom. The van der Waals surface area contributed by atoms with Gasteiger partial charge in [0.25, 0.3) is 0 Å². The molecule has 0 spiro atoms. The number of aliphatic imine (C=N–C) groups is 1. The second-order valence-electron chi connectivity index (χ2n) is 4.30. The third-order valence-corrected chi connectivity index (χ3v) is 4.24. The van der Waals surface area contributed by atoms with E-state index in [-0.39, 0.29) is 5.97 Å². The minimum atomic E-state index is -0.259. The fourth-order valence-corrected chi connectivity index (χ4v) is 3.43. The molecule has 0 saturated carbocycles. The lowest BCUT2D eigenvalue weighted by molar-refractivity contribution is 0.0526. The highest BCUT2D eigenvalue weighted by Crippen LogP contribution is 2.40. The van der Waals surface area contributed by atoms with Gasteiger partial charge in [-0.3, -0.25) is 0 Å². The van der Waals surface area contributed by atoms with Crippen molar-refractivity contribution in [1.29, 1.82) is 0 Å². The van der Waals surface area contributed by atoms with Gasteiger partial charge in [0.15, 0.2) is 6.40 Å². The second-order valence-corrected chi connectivity index (χ2v) is 5.38. The van der Waals surface area contributed by atoms with Crippen LogP contribution in [0.5, 0.6) is 0 Å². The van der Waals surface area contributed by atoms with Crippen molar-refractivity contribution >= 4 is 28.7 Å². The molecule has 1 aliphatic carbocycles. The van der Waals surface area contributed by atoms with Crippen LogP contribution in [-0.4, -0.2) is 25.6 Å². The van der Waals surface area contributed by atoms with Crippen LogP contribution in [0.15, 0.2) is 4.99 Å². The van der Waals surface area contributed by atoms with Crippen molar-refractivity contribution in [3.8, 4) is 0 Å². The number of aryl methyl sites for hydroxylation is 1. The number of carbonyl (C=O) groups is 1. The number of hydrogen-bond donors (Lipinski definition) is 0. The fourth-order valence-electron chi connectivity index (χ4n) is 2.22. The third-order valence-electron chi connectivity index (χ3n) is 3.04. The van der Waals surface area contributed by atoms with Gasteiger partial charge in [0.05, 0.1) is 18.8 Å². The minimum absolute atomic E-state index is 0.259. The van der Waals surface area contributed by atoms with E-state index in [0.29, 0.717) is 18.8 Å². The van der Waals surface area contributed by atoms with E-state index in [2.05, 4.69) is 4.99 Å². The molecule has 0 bridgehead atoms. The molecule has 1 aliphatic rings. The summed E-state index contributed by atoms with van der Waals surface area (Å²) in [6, 6.07) is 0. The highest BCUT2D eigenvalue weighted by molar-refractivity contribution is 7.16. The van der Waals surface area contributed by atoms with E-state index in [0.717, 1.165) is 29.8 Å². The fraction of sp³-hybridized carbons (Fsp3) is 0.571. The summed E-state index contributed by atoms with van der Waals surface area (Å²) in [7, 11) is 0. The number of nitrogens with zero attached hydrogens (tertiary/aromatic N) is 1. The van der Waals surface area contributed by atoms with Gasteiger partial charge < -0.3 is 9.47 Å². The van der Waals surface area contributed by atoms with Crippen LogP contribution in [0.3, 0.4) is 0 Å². The van der Waals surface area contributed by atoms with Crippen molar-refractivity contribution in [2.24, 2.45) is 4.99 Å². The topological polar surface area (TPSA) is 47.9 Å². The van der Waals surface area contributed by atoms with Crippen LogP contribution < -0.4 is 0 Å². The molecule has 4 nitrogen and oxygen atoms in total. The Morgan fingerprint density at radius 3 is 2.84 bits per heavy atom. The Bertz CT molecular complexity index is 479. The molecular formula is C14H19NO3S. The number of ether oxygens (including phenoxy) is 2. The molecule has 0 amide bonds. The molecule has 0 aliphatic heterocycles. The summed E-state index contributed by atoms with van der Waals surface area (Å²) in [6.45, 7) is 4.68. The number of esters is 1. The molecule has 1 aromatic heterocycles. The smallest absolute Gasteiger partial charge is 0.341 e. The van der Waals surface area contributed by atoms with Crippen LogP contribution in [0.2, 0.25) is 0 Å². The van der Waals surface area contributed by atoms with Crippen LogP contribution in [0.4, 0.5) is 5.00 Å². The predicted molar refractivity (Wildman–Crippen MR) is 76.7 cm³/mol. The van der Waals surface area contributed by atoms with Crippen molar-refractivity contribution in [1.82, 2.24) is 0 Å². The third kappa shape index (κ3) is 3.15. The maximum atomic E-state index is 12.1. The Hall–Kier alpha value is -1.36. The van der Waals surface area contributed by atoms with Gasteiger partial charge in [0.1, 0.15) is 5.00 Å².